The third kappa shape index (κ3) is 4.99. The zero-order chi connectivity index (χ0) is 24.5. The highest BCUT2D eigenvalue weighted by molar-refractivity contribution is 8.26. The second-order valence-corrected chi connectivity index (χ2v) is 10.4. The van der Waals surface area contributed by atoms with E-state index in [1.165, 1.54) is 0 Å². The zero-order valence-corrected chi connectivity index (χ0v) is 21.2. The van der Waals surface area contributed by atoms with Crippen LogP contribution in [0.2, 0.25) is 10.0 Å². The molecule has 0 atom stereocenters. The van der Waals surface area contributed by atoms with E-state index in [9.17, 15) is 9.59 Å². The van der Waals surface area contributed by atoms with E-state index in [-0.39, 0.29) is 10.2 Å². The Balaban J connectivity index is 1.41. The minimum atomic E-state index is -0.446. The van der Waals surface area contributed by atoms with E-state index in [0.717, 1.165) is 38.8 Å². The molecule has 4 aromatic rings. The summed E-state index contributed by atoms with van der Waals surface area (Å²) in [6.07, 6.45) is 3.83. The van der Waals surface area contributed by atoms with Gasteiger partial charge in [0.15, 0.2) is 4.32 Å². The van der Waals surface area contributed by atoms with Gasteiger partial charge in [-0.3, -0.25) is 15.0 Å². The lowest BCUT2D eigenvalue weighted by Gasteiger charge is -2.15. The number of aromatic nitrogens is 1. The Kier molecular flexibility index (Phi) is 6.67. The number of benzene rings is 3. The molecule has 1 fully saturated rings. The molecule has 0 spiro atoms. The van der Waals surface area contributed by atoms with Gasteiger partial charge in [0, 0.05) is 44.8 Å². The predicted octanol–water partition coefficient (Wildman–Crippen LogP) is 6.54. The molecule has 174 valence electrons. The van der Waals surface area contributed by atoms with Crippen LogP contribution in [-0.4, -0.2) is 25.7 Å². The second-order valence-electron chi connectivity index (χ2n) is 7.82. The molecule has 3 aromatic carbocycles. The maximum atomic E-state index is 13.1. The summed E-state index contributed by atoms with van der Waals surface area (Å²) >= 11 is 18.4. The molecule has 35 heavy (non-hydrogen) atoms. The summed E-state index contributed by atoms with van der Waals surface area (Å²) in [5, 5.41) is 3.33. The molecule has 0 bridgehead atoms. The van der Waals surface area contributed by atoms with Crippen molar-refractivity contribution in [2.75, 3.05) is 0 Å². The number of hydrogen-bond acceptors (Lipinski definition) is 4. The molecule has 2 heterocycles. The maximum absolute atomic E-state index is 13.1. The van der Waals surface area contributed by atoms with Crippen LogP contribution in [0.15, 0.2) is 83.9 Å². The van der Waals surface area contributed by atoms with Gasteiger partial charge < -0.3 is 4.57 Å². The Hall–Kier alpha value is -3.10. The largest absolute Gasteiger partial charge is 0.342 e. The summed E-state index contributed by atoms with van der Waals surface area (Å²) in [5.41, 5.74) is 6.00. The summed E-state index contributed by atoms with van der Waals surface area (Å²) < 4.78 is 2.39. The van der Waals surface area contributed by atoms with Crippen molar-refractivity contribution >= 4 is 80.3 Å². The number of carbonyl (C=O) groups is 2. The standard InChI is InChI=1S/C26H17Cl2N3O2S2/c27-19-9-5-16(6-10-19)14-30-15-18(21-3-1-2-4-22(21)30)13-23-25(33)31(26(34)35-23)29-24(32)17-7-11-20(28)12-8-17/h1-13,15H,14H2,(H,29,32)/b23-13-. The fourth-order valence-electron chi connectivity index (χ4n) is 3.78. The maximum Gasteiger partial charge on any atom is 0.285 e. The number of thiocarbonyl (C=S) groups is 1. The van der Waals surface area contributed by atoms with Crippen molar-refractivity contribution in [1.82, 2.24) is 15.0 Å². The lowest BCUT2D eigenvalue weighted by molar-refractivity contribution is -0.123. The number of para-hydroxylation sites is 1. The highest BCUT2D eigenvalue weighted by Crippen LogP contribution is 2.34. The molecule has 1 aliphatic heterocycles. The Morgan fingerprint density at radius 2 is 1.63 bits per heavy atom. The monoisotopic (exact) mass is 537 g/mol. The van der Waals surface area contributed by atoms with Crippen LogP contribution in [0.5, 0.6) is 0 Å². The molecule has 1 N–H and O–H groups in total. The van der Waals surface area contributed by atoms with Crippen LogP contribution in [0, 0.1) is 0 Å². The van der Waals surface area contributed by atoms with E-state index in [1.807, 2.05) is 60.8 Å². The van der Waals surface area contributed by atoms with Gasteiger partial charge in [0.2, 0.25) is 0 Å². The van der Waals surface area contributed by atoms with Crippen LogP contribution in [0.1, 0.15) is 21.5 Å². The van der Waals surface area contributed by atoms with E-state index >= 15 is 0 Å². The van der Waals surface area contributed by atoms with Crippen molar-refractivity contribution in [3.8, 4) is 0 Å². The average Bonchev–Trinajstić information content (AvgIpc) is 3.33. The molecule has 2 amide bonds. The van der Waals surface area contributed by atoms with Gasteiger partial charge in [-0.2, -0.15) is 5.01 Å². The van der Waals surface area contributed by atoms with Crippen molar-refractivity contribution < 1.29 is 9.59 Å². The molecule has 1 saturated heterocycles. The number of nitrogens with one attached hydrogen (secondary N) is 1. The lowest BCUT2D eigenvalue weighted by atomic mass is 10.1. The van der Waals surface area contributed by atoms with Crippen molar-refractivity contribution in [3.63, 3.8) is 0 Å². The van der Waals surface area contributed by atoms with Crippen LogP contribution >= 0.6 is 47.2 Å². The number of hydrazine groups is 1. The number of rotatable bonds is 5. The van der Waals surface area contributed by atoms with Crippen LogP contribution in [0.3, 0.4) is 0 Å². The summed E-state index contributed by atoms with van der Waals surface area (Å²) in [5.74, 6) is -0.823. The highest BCUT2D eigenvalue weighted by atomic mass is 35.5. The van der Waals surface area contributed by atoms with E-state index in [1.54, 1.807) is 24.3 Å². The summed E-state index contributed by atoms with van der Waals surface area (Å²) in [6.45, 7) is 0.656. The quantitative estimate of drug-likeness (QED) is 0.232. The molecule has 9 heteroatoms. The van der Waals surface area contributed by atoms with Gasteiger partial charge in [0.25, 0.3) is 11.8 Å². The Morgan fingerprint density at radius 1 is 0.971 bits per heavy atom. The molecule has 1 aliphatic rings. The number of amides is 2. The lowest BCUT2D eigenvalue weighted by Crippen LogP contribution is -2.44. The number of nitrogens with zero attached hydrogens (tertiary/aromatic N) is 2. The van der Waals surface area contributed by atoms with Crippen LogP contribution in [0.4, 0.5) is 0 Å². The van der Waals surface area contributed by atoms with Gasteiger partial charge >= 0.3 is 0 Å². The van der Waals surface area contributed by atoms with Gasteiger partial charge in [-0.25, -0.2) is 0 Å². The van der Waals surface area contributed by atoms with Crippen molar-refractivity contribution in [3.05, 3.63) is 111 Å². The molecule has 1 aromatic heterocycles. The summed E-state index contributed by atoms with van der Waals surface area (Å²) in [7, 11) is 0. The Bertz CT molecular complexity index is 1500. The van der Waals surface area contributed by atoms with Crippen molar-refractivity contribution in [2.45, 2.75) is 6.54 Å². The minimum absolute atomic E-state index is 0.258. The third-order valence-corrected chi connectivity index (χ3v) is 7.29. The van der Waals surface area contributed by atoms with E-state index < -0.39 is 5.91 Å². The Labute approximate surface area is 221 Å². The zero-order valence-electron chi connectivity index (χ0n) is 18.1. The molecule has 5 nitrogen and oxygen atoms in total. The topological polar surface area (TPSA) is 54.3 Å². The normalized spacial score (nSPS) is 14.8. The van der Waals surface area contributed by atoms with Crippen LogP contribution in [0.25, 0.3) is 17.0 Å². The molecule has 0 saturated carbocycles. The second kappa shape index (κ2) is 9.87. The molecule has 0 unspecified atom stereocenters. The first-order chi connectivity index (χ1) is 16.9. The van der Waals surface area contributed by atoms with E-state index in [4.69, 9.17) is 35.4 Å². The van der Waals surface area contributed by atoms with Crippen LogP contribution in [-0.2, 0) is 11.3 Å². The first-order valence-corrected chi connectivity index (χ1v) is 12.5. The average molecular weight is 538 g/mol. The fourth-order valence-corrected chi connectivity index (χ4v) is 5.20. The SMILES string of the molecule is O=C(NN1C(=O)/C(=C/c2cn(Cc3ccc(Cl)cc3)c3ccccc23)SC1=S)c1ccc(Cl)cc1. The van der Waals surface area contributed by atoms with Gasteiger partial charge in [0.05, 0.1) is 4.91 Å². The fraction of sp³-hybridized carbons (Fsp3) is 0.0385. The number of halogens is 2. The number of carbonyl (C=O) groups excluding carboxylic acids is 2. The molecule has 0 aliphatic carbocycles. The van der Waals surface area contributed by atoms with Gasteiger partial charge in [-0.15, -0.1) is 0 Å². The van der Waals surface area contributed by atoms with Crippen molar-refractivity contribution in [1.29, 1.82) is 0 Å². The first-order valence-electron chi connectivity index (χ1n) is 10.6. The van der Waals surface area contributed by atoms with E-state index in [2.05, 4.69) is 9.99 Å². The van der Waals surface area contributed by atoms with Gasteiger partial charge in [-0.1, -0.05) is 65.3 Å². The molecule has 5 rings (SSSR count). The molecule has 0 radical (unpaired) electrons. The summed E-state index contributed by atoms with van der Waals surface area (Å²) in [4.78, 5) is 26.1. The Morgan fingerprint density at radius 3 is 2.34 bits per heavy atom. The van der Waals surface area contributed by atoms with E-state index in [0.29, 0.717) is 27.1 Å². The number of hydrogen-bond donors (Lipinski definition) is 1. The first kappa shape index (κ1) is 23.6. The number of thioether (sulfide) groups is 1. The molecular formula is C26H17Cl2N3O2S2. The van der Waals surface area contributed by atoms with Gasteiger partial charge in [0.1, 0.15) is 0 Å². The predicted molar refractivity (Wildman–Crippen MR) is 146 cm³/mol. The third-order valence-electron chi connectivity index (χ3n) is 5.49. The van der Waals surface area contributed by atoms with Gasteiger partial charge in [-0.05, 0) is 66.3 Å². The number of fused-ring (bicyclic) bond motifs is 1. The summed E-state index contributed by atoms with van der Waals surface area (Å²) in [6, 6.07) is 22.1. The van der Waals surface area contributed by atoms with Crippen molar-refractivity contribution in [2.24, 2.45) is 0 Å². The minimum Gasteiger partial charge on any atom is -0.342 e. The smallest absolute Gasteiger partial charge is 0.285 e. The molecular weight excluding hydrogens is 521 g/mol. The van der Waals surface area contributed by atoms with Crippen LogP contribution < -0.4 is 5.43 Å². The highest BCUT2D eigenvalue weighted by Gasteiger charge is 2.34.